The Bertz CT molecular complexity index is 972. The van der Waals surface area contributed by atoms with Crippen LogP contribution in [0.1, 0.15) is 34.5 Å². The van der Waals surface area contributed by atoms with Crippen molar-refractivity contribution in [2.75, 3.05) is 12.8 Å². The number of amides is 3. The summed E-state index contributed by atoms with van der Waals surface area (Å²) in [6.45, 7) is 2.03. The van der Waals surface area contributed by atoms with Gasteiger partial charge in [-0.3, -0.25) is 10.1 Å². The summed E-state index contributed by atoms with van der Waals surface area (Å²) < 4.78 is 28.1. The van der Waals surface area contributed by atoms with Gasteiger partial charge in [-0.05, 0) is 24.6 Å². The average molecular weight is 418 g/mol. The first kappa shape index (κ1) is 22.1. The van der Waals surface area contributed by atoms with Crippen LogP contribution in [0.15, 0.2) is 54.6 Å². The predicted octanol–water partition coefficient (Wildman–Crippen LogP) is 1.97. The summed E-state index contributed by atoms with van der Waals surface area (Å²) in [7, 11) is -3.20. The van der Waals surface area contributed by atoms with Gasteiger partial charge in [-0.15, -0.1) is 0 Å². The molecule has 0 aromatic heterocycles. The van der Waals surface area contributed by atoms with E-state index in [0.29, 0.717) is 17.7 Å². The van der Waals surface area contributed by atoms with Gasteiger partial charge in [0, 0.05) is 18.4 Å². The van der Waals surface area contributed by atoms with Crippen LogP contribution in [-0.4, -0.2) is 39.1 Å². The third kappa shape index (κ3) is 7.04. The molecule has 0 radical (unpaired) electrons. The molecule has 0 saturated carbocycles. The van der Waals surface area contributed by atoms with Crippen molar-refractivity contribution in [1.82, 2.24) is 10.6 Å². The number of imide groups is 1. The van der Waals surface area contributed by atoms with E-state index in [4.69, 9.17) is 4.74 Å². The molecule has 2 N–H and O–H groups in total. The lowest BCUT2D eigenvalue weighted by atomic mass is 10.1. The van der Waals surface area contributed by atoms with Crippen molar-refractivity contribution in [2.24, 2.45) is 0 Å². The second kappa shape index (κ2) is 9.83. The van der Waals surface area contributed by atoms with Crippen molar-refractivity contribution in [3.8, 4) is 0 Å². The number of esters is 1. The first-order valence-electron chi connectivity index (χ1n) is 8.81. The average Bonchev–Trinajstić information content (AvgIpc) is 2.66. The Morgan fingerprint density at radius 1 is 1.00 bits per heavy atom. The quantitative estimate of drug-likeness (QED) is 0.664. The van der Waals surface area contributed by atoms with E-state index in [9.17, 15) is 22.8 Å². The molecule has 2 aromatic rings. The molecule has 29 heavy (non-hydrogen) atoms. The maximum absolute atomic E-state index is 12.5. The Morgan fingerprint density at radius 2 is 1.62 bits per heavy atom. The van der Waals surface area contributed by atoms with Gasteiger partial charge in [-0.1, -0.05) is 42.5 Å². The lowest BCUT2D eigenvalue weighted by molar-refractivity contribution is -0.129. The van der Waals surface area contributed by atoms with Crippen LogP contribution in [0.5, 0.6) is 0 Å². The number of hydrogen-bond donors (Lipinski definition) is 2. The maximum Gasteiger partial charge on any atom is 0.339 e. The fourth-order valence-corrected chi connectivity index (χ4v) is 3.30. The first-order valence-corrected chi connectivity index (χ1v) is 10.9. The molecule has 8 nitrogen and oxygen atoms in total. The summed E-state index contributed by atoms with van der Waals surface area (Å²) in [5.74, 6) is -1.72. The van der Waals surface area contributed by atoms with Gasteiger partial charge in [-0.2, -0.15) is 0 Å². The van der Waals surface area contributed by atoms with E-state index in [0.717, 1.165) is 6.26 Å². The van der Waals surface area contributed by atoms with Gasteiger partial charge in [-0.25, -0.2) is 18.0 Å². The highest BCUT2D eigenvalue weighted by atomic mass is 32.2. The minimum Gasteiger partial charge on any atom is -0.444 e. The summed E-state index contributed by atoms with van der Waals surface area (Å²) in [5, 5.41) is 4.57. The standard InChI is InChI=1S/C20H22N2O6S/c1-3-21-20(25)22-18(23)17(15-7-5-4-6-8-15)28-19(24)16-11-9-14(10-12-16)13-29(2,26)27/h4-12,17H,3,13H2,1-2H3,(H2,21,22,23,25)/t17-/m1/s1. The van der Waals surface area contributed by atoms with Crippen molar-refractivity contribution in [1.29, 1.82) is 0 Å². The largest absolute Gasteiger partial charge is 0.444 e. The lowest BCUT2D eigenvalue weighted by Crippen LogP contribution is -2.42. The molecule has 154 valence electrons. The van der Waals surface area contributed by atoms with E-state index in [1.165, 1.54) is 24.3 Å². The normalized spacial score (nSPS) is 11.9. The molecule has 0 saturated heterocycles. The number of rotatable bonds is 7. The van der Waals surface area contributed by atoms with Crippen LogP contribution < -0.4 is 10.6 Å². The zero-order valence-electron chi connectivity index (χ0n) is 16.0. The topological polar surface area (TPSA) is 119 Å². The van der Waals surface area contributed by atoms with Crippen molar-refractivity contribution in [3.05, 3.63) is 71.3 Å². The van der Waals surface area contributed by atoms with Crippen LogP contribution in [0.25, 0.3) is 0 Å². The van der Waals surface area contributed by atoms with Crippen LogP contribution in [0.2, 0.25) is 0 Å². The number of carbonyl (C=O) groups is 3. The van der Waals surface area contributed by atoms with E-state index < -0.39 is 33.8 Å². The summed E-state index contributed by atoms with van der Waals surface area (Å²) in [5.41, 5.74) is 1.07. The second-order valence-corrected chi connectivity index (χ2v) is 8.45. The van der Waals surface area contributed by atoms with Crippen molar-refractivity contribution in [3.63, 3.8) is 0 Å². The molecular formula is C20H22N2O6S. The number of urea groups is 1. The van der Waals surface area contributed by atoms with E-state index in [1.54, 1.807) is 37.3 Å². The maximum atomic E-state index is 12.5. The molecule has 0 aliphatic carbocycles. The molecule has 0 aliphatic heterocycles. The highest BCUT2D eigenvalue weighted by Gasteiger charge is 2.27. The highest BCUT2D eigenvalue weighted by molar-refractivity contribution is 7.89. The van der Waals surface area contributed by atoms with Gasteiger partial charge < -0.3 is 10.1 Å². The molecule has 0 heterocycles. The molecule has 2 rings (SSSR count). The van der Waals surface area contributed by atoms with Gasteiger partial charge >= 0.3 is 12.0 Å². The van der Waals surface area contributed by atoms with Crippen LogP contribution in [0.4, 0.5) is 4.79 Å². The Hall–Kier alpha value is -3.20. The lowest BCUT2D eigenvalue weighted by Gasteiger charge is -2.18. The number of nitrogens with one attached hydrogen (secondary N) is 2. The zero-order valence-corrected chi connectivity index (χ0v) is 16.9. The van der Waals surface area contributed by atoms with E-state index in [2.05, 4.69) is 10.6 Å². The number of ether oxygens (including phenoxy) is 1. The molecule has 0 bridgehead atoms. The number of sulfone groups is 1. The highest BCUT2D eigenvalue weighted by Crippen LogP contribution is 2.20. The van der Waals surface area contributed by atoms with Gasteiger partial charge in [0.05, 0.1) is 11.3 Å². The summed E-state index contributed by atoms with van der Waals surface area (Å²) >= 11 is 0. The molecule has 2 aromatic carbocycles. The predicted molar refractivity (Wildman–Crippen MR) is 107 cm³/mol. The van der Waals surface area contributed by atoms with Crippen LogP contribution >= 0.6 is 0 Å². The zero-order chi connectivity index (χ0) is 21.4. The second-order valence-electron chi connectivity index (χ2n) is 6.31. The molecule has 3 amide bonds. The van der Waals surface area contributed by atoms with Gasteiger partial charge in [0.1, 0.15) is 0 Å². The first-order chi connectivity index (χ1) is 13.7. The fraction of sp³-hybridized carbons (Fsp3) is 0.250. The summed E-state index contributed by atoms with van der Waals surface area (Å²) in [6.07, 6.45) is -0.213. The van der Waals surface area contributed by atoms with Gasteiger partial charge in [0.15, 0.2) is 9.84 Å². The Labute approximate surface area is 169 Å². The van der Waals surface area contributed by atoms with E-state index in [1.807, 2.05) is 0 Å². The Balaban J connectivity index is 2.18. The smallest absolute Gasteiger partial charge is 0.339 e. The Kier molecular flexibility index (Phi) is 7.49. The van der Waals surface area contributed by atoms with Crippen molar-refractivity contribution in [2.45, 2.75) is 18.8 Å². The molecule has 1 atom stereocenters. The number of carbonyl (C=O) groups excluding carboxylic acids is 3. The van der Waals surface area contributed by atoms with Crippen LogP contribution in [-0.2, 0) is 25.1 Å². The van der Waals surface area contributed by atoms with Crippen molar-refractivity contribution >= 4 is 27.7 Å². The molecular weight excluding hydrogens is 396 g/mol. The summed E-state index contributed by atoms with van der Waals surface area (Å²) in [6, 6.07) is 13.5. The number of hydrogen-bond acceptors (Lipinski definition) is 6. The third-order valence-electron chi connectivity index (χ3n) is 3.76. The molecule has 0 fully saturated rings. The molecule has 9 heteroatoms. The molecule has 0 unspecified atom stereocenters. The van der Waals surface area contributed by atoms with Crippen LogP contribution in [0.3, 0.4) is 0 Å². The monoisotopic (exact) mass is 418 g/mol. The Morgan fingerprint density at radius 3 is 2.17 bits per heavy atom. The van der Waals surface area contributed by atoms with E-state index in [-0.39, 0.29) is 11.3 Å². The number of benzene rings is 2. The minimum atomic E-state index is -3.20. The summed E-state index contributed by atoms with van der Waals surface area (Å²) in [4.78, 5) is 36.7. The molecule has 0 spiro atoms. The SMILES string of the molecule is CCNC(=O)NC(=O)[C@H](OC(=O)c1ccc(CS(C)(=O)=O)cc1)c1ccccc1. The van der Waals surface area contributed by atoms with Crippen LogP contribution in [0, 0.1) is 0 Å². The van der Waals surface area contributed by atoms with E-state index >= 15 is 0 Å². The fourth-order valence-electron chi connectivity index (χ4n) is 2.50. The minimum absolute atomic E-state index is 0.147. The van der Waals surface area contributed by atoms with Gasteiger partial charge in [0.25, 0.3) is 5.91 Å². The van der Waals surface area contributed by atoms with Gasteiger partial charge in [0.2, 0.25) is 6.10 Å². The molecule has 0 aliphatic rings. The third-order valence-corrected chi connectivity index (χ3v) is 4.62. The van der Waals surface area contributed by atoms with Crippen molar-refractivity contribution < 1.29 is 27.5 Å².